The van der Waals surface area contributed by atoms with Crippen molar-refractivity contribution in [3.8, 4) is 5.75 Å². The number of ether oxygens (including phenoxy) is 1. The molecule has 1 fully saturated rings. The van der Waals surface area contributed by atoms with E-state index >= 15 is 0 Å². The van der Waals surface area contributed by atoms with E-state index in [1.807, 2.05) is 31.2 Å². The predicted molar refractivity (Wildman–Crippen MR) is 117 cm³/mol. The van der Waals surface area contributed by atoms with Gasteiger partial charge in [-0.15, -0.1) is 0 Å². The van der Waals surface area contributed by atoms with Crippen LogP contribution in [0, 0.1) is 0 Å². The summed E-state index contributed by atoms with van der Waals surface area (Å²) in [7, 11) is 0. The zero-order valence-electron chi connectivity index (χ0n) is 16.5. The molecule has 0 radical (unpaired) electrons. The molecule has 0 N–H and O–H groups in total. The van der Waals surface area contributed by atoms with Gasteiger partial charge in [0.25, 0.3) is 5.56 Å². The monoisotopic (exact) mass is 409 g/mol. The largest absolute Gasteiger partial charge is 0.493 e. The molecule has 4 rings (SSSR count). The third kappa shape index (κ3) is 4.20. The Morgan fingerprint density at radius 1 is 1.21 bits per heavy atom. The molecule has 3 aromatic rings. The molecule has 0 saturated heterocycles. The summed E-state index contributed by atoms with van der Waals surface area (Å²) in [6.07, 6.45) is 7.24. The van der Waals surface area contributed by atoms with E-state index < -0.39 is 0 Å². The number of hydrogen-bond donors (Lipinski definition) is 0. The van der Waals surface area contributed by atoms with Crippen LogP contribution in [-0.2, 0) is 0 Å². The molecule has 5 nitrogen and oxygen atoms in total. The zero-order valence-corrected chi connectivity index (χ0v) is 17.2. The van der Waals surface area contributed by atoms with Crippen molar-refractivity contribution in [2.24, 2.45) is 5.10 Å². The van der Waals surface area contributed by atoms with E-state index in [4.69, 9.17) is 21.3 Å². The van der Waals surface area contributed by atoms with E-state index in [2.05, 4.69) is 5.10 Å². The van der Waals surface area contributed by atoms with Crippen LogP contribution >= 0.6 is 11.6 Å². The van der Waals surface area contributed by atoms with Gasteiger partial charge in [-0.2, -0.15) is 9.78 Å². The number of hydrogen-bond acceptors (Lipinski definition) is 4. The molecule has 2 aromatic carbocycles. The molecule has 0 spiro atoms. The second-order valence-corrected chi connectivity index (χ2v) is 7.74. The van der Waals surface area contributed by atoms with Gasteiger partial charge in [-0.05, 0) is 50.1 Å². The van der Waals surface area contributed by atoms with Gasteiger partial charge < -0.3 is 4.74 Å². The lowest BCUT2D eigenvalue weighted by atomic mass is 9.88. The molecule has 0 atom stereocenters. The van der Waals surface area contributed by atoms with Crippen LogP contribution in [0.5, 0.6) is 5.75 Å². The Morgan fingerprint density at radius 2 is 2.00 bits per heavy atom. The lowest BCUT2D eigenvalue weighted by Crippen LogP contribution is -2.25. The van der Waals surface area contributed by atoms with Gasteiger partial charge in [-0.1, -0.05) is 43.0 Å². The summed E-state index contributed by atoms with van der Waals surface area (Å²) >= 11 is 6.16. The Morgan fingerprint density at radius 3 is 2.79 bits per heavy atom. The van der Waals surface area contributed by atoms with Crippen molar-refractivity contribution in [2.45, 2.75) is 44.9 Å². The Kier molecular flexibility index (Phi) is 5.95. The van der Waals surface area contributed by atoms with Crippen molar-refractivity contribution in [3.05, 3.63) is 69.2 Å². The summed E-state index contributed by atoms with van der Waals surface area (Å²) in [6.45, 7) is 2.46. The van der Waals surface area contributed by atoms with E-state index in [1.165, 1.54) is 11.1 Å². The van der Waals surface area contributed by atoms with Crippen molar-refractivity contribution in [2.75, 3.05) is 6.61 Å². The predicted octanol–water partition coefficient (Wildman–Crippen LogP) is 5.38. The molecule has 1 saturated carbocycles. The minimum absolute atomic E-state index is 0.146. The first-order chi connectivity index (χ1) is 14.2. The van der Waals surface area contributed by atoms with Crippen molar-refractivity contribution < 1.29 is 4.74 Å². The molecular weight excluding hydrogens is 386 g/mol. The number of para-hydroxylation sites is 1. The smallest absolute Gasteiger partial charge is 0.282 e. The molecule has 1 aromatic heterocycles. The first-order valence-electron chi connectivity index (χ1n) is 10.2. The minimum Gasteiger partial charge on any atom is -0.493 e. The van der Waals surface area contributed by atoms with E-state index in [1.54, 1.807) is 24.4 Å². The molecule has 0 bridgehead atoms. The van der Waals surface area contributed by atoms with Crippen LogP contribution in [0.2, 0.25) is 5.02 Å². The lowest BCUT2D eigenvalue weighted by Gasteiger charge is -2.22. The van der Waals surface area contributed by atoms with E-state index in [0.717, 1.165) is 42.6 Å². The van der Waals surface area contributed by atoms with E-state index in [9.17, 15) is 4.79 Å². The fourth-order valence-corrected chi connectivity index (χ4v) is 4.09. The fourth-order valence-electron chi connectivity index (χ4n) is 3.90. The molecule has 1 heterocycles. The average Bonchev–Trinajstić information content (AvgIpc) is 2.75. The highest BCUT2D eigenvalue weighted by molar-refractivity contribution is 6.30. The van der Waals surface area contributed by atoms with E-state index in [-0.39, 0.29) is 11.5 Å². The lowest BCUT2D eigenvalue weighted by molar-refractivity contribution is 0.340. The Labute approximate surface area is 175 Å². The van der Waals surface area contributed by atoms with Crippen LogP contribution in [0.15, 0.2) is 52.4 Å². The average molecular weight is 410 g/mol. The number of fused-ring (bicyclic) bond motifs is 1. The van der Waals surface area contributed by atoms with Crippen molar-refractivity contribution in [3.63, 3.8) is 0 Å². The number of aromatic nitrogens is 2. The number of nitrogens with zero attached hydrogens (tertiary/aromatic N) is 3. The maximum Gasteiger partial charge on any atom is 0.282 e. The molecule has 29 heavy (non-hydrogen) atoms. The van der Waals surface area contributed by atoms with Crippen molar-refractivity contribution in [1.82, 2.24) is 9.66 Å². The number of halogens is 1. The Bertz CT molecular complexity index is 1100. The van der Waals surface area contributed by atoms with Gasteiger partial charge >= 0.3 is 0 Å². The maximum atomic E-state index is 13.2. The van der Waals surface area contributed by atoms with Gasteiger partial charge in [0.05, 0.1) is 23.7 Å². The molecule has 1 aliphatic rings. The van der Waals surface area contributed by atoms with Gasteiger partial charge in [0.15, 0.2) is 0 Å². The highest BCUT2D eigenvalue weighted by Crippen LogP contribution is 2.32. The molecule has 6 heteroatoms. The van der Waals surface area contributed by atoms with Crippen LogP contribution in [-0.4, -0.2) is 22.5 Å². The summed E-state index contributed by atoms with van der Waals surface area (Å²) < 4.78 is 7.14. The molecule has 1 aliphatic carbocycles. The fraction of sp³-hybridized carbons (Fsp3) is 0.348. The van der Waals surface area contributed by atoms with Gasteiger partial charge in [-0.25, -0.2) is 4.98 Å². The number of rotatable bonds is 5. The highest BCUT2D eigenvalue weighted by atomic mass is 35.5. The van der Waals surface area contributed by atoms with Gasteiger partial charge in [0.1, 0.15) is 11.6 Å². The van der Waals surface area contributed by atoms with Gasteiger partial charge in [0, 0.05) is 16.5 Å². The van der Waals surface area contributed by atoms with Crippen LogP contribution in [0.1, 0.15) is 56.3 Å². The first-order valence-corrected chi connectivity index (χ1v) is 10.5. The Balaban J connectivity index is 1.84. The summed E-state index contributed by atoms with van der Waals surface area (Å²) in [4.78, 5) is 18.1. The maximum absolute atomic E-state index is 13.2. The highest BCUT2D eigenvalue weighted by Gasteiger charge is 2.22. The molecular formula is C23H24ClN3O2. The summed E-state index contributed by atoms with van der Waals surface area (Å²) in [5.74, 6) is 1.66. The quantitative estimate of drug-likeness (QED) is 0.531. The topological polar surface area (TPSA) is 56.5 Å². The number of benzene rings is 2. The second-order valence-electron chi connectivity index (χ2n) is 7.30. The summed E-state index contributed by atoms with van der Waals surface area (Å²) in [5.41, 5.74) is 1.31. The minimum atomic E-state index is -0.146. The third-order valence-corrected chi connectivity index (χ3v) is 5.57. The Hall–Kier alpha value is -2.66. The van der Waals surface area contributed by atoms with Crippen molar-refractivity contribution in [1.29, 1.82) is 0 Å². The summed E-state index contributed by atoms with van der Waals surface area (Å²) in [6, 6.07) is 12.8. The van der Waals surface area contributed by atoms with Crippen LogP contribution < -0.4 is 10.3 Å². The molecule has 0 aliphatic heterocycles. The van der Waals surface area contributed by atoms with Crippen LogP contribution in [0.3, 0.4) is 0 Å². The van der Waals surface area contributed by atoms with Crippen molar-refractivity contribution >= 4 is 28.7 Å². The SMILES string of the molecule is CCOc1ccc(Cl)cc1C=Nn1c(C2CCCCC2)nc2ccccc2c1=O. The summed E-state index contributed by atoms with van der Waals surface area (Å²) in [5, 5.41) is 5.72. The zero-order chi connectivity index (χ0) is 20.2. The van der Waals surface area contributed by atoms with Crippen LogP contribution in [0.25, 0.3) is 10.9 Å². The normalized spacial score (nSPS) is 15.2. The third-order valence-electron chi connectivity index (χ3n) is 5.33. The first kappa shape index (κ1) is 19.6. The standard InChI is InChI=1S/C23H24ClN3O2/c1-2-29-21-13-12-18(24)14-17(21)15-25-27-22(16-8-4-3-5-9-16)26-20-11-7-6-10-19(20)23(27)28/h6-7,10-16H,2-5,8-9H2,1H3. The van der Waals surface area contributed by atoms with Gasteiger partial charge in [-0.3, -0.25) is 4.79 Å². The second kappa shape index (κ2) is 8.78. The molecule has 150 valence electrons. The molecule has 0 amide bonds. The van der Waals surface area contributed by atoms with Gasteiger partial charge in [0.2, 0.25) is 0 Å². The van der Waals surface area contributed by atoms with E-state index in [0.29, 0.717) is 22.8 Å². The van der Waals surface area contributed by atoms with Crippen LogP contribution in [0.4, 0.5) is 0 Å². The molecule has 0 unspecified atom stereocenters.